The largest absolute Gasteiger partial charge is 0.393 e. The molecule has 0 aliphatic carbocycles. The van der Waals surface area contributed by atoms with Crippen LogP contribution in [-0.2, 0) is 14.3 Å². The first kappa shape index (κ1) is 10.9. The molecule has 1 fully saturated rings. The summed E-state index contributed by atoms with van der Waals surface area (Å²) >= 11 is 0. The van der Waals surface area contributed by atoms with Crippen LogP contribution in [0.5, 0.6) is 0 Å². The van der Waals surface area contributed by atoms with Gasteiger partial charge in [0.15, 0.2) is 0 Å². The molecule has 2 aromatic rings. The number of carbonyl (C=O) groups is 2. The fourth-order valence-corrected chi connectivity index (χ4v) is 2.23. The number of fused-ring (bicyclic) bond motifs is 1. The number of nitrogens with zero attached hydrogens (tertiary/aromatic N) is 1. The average molecular weight is 241 g/mol. The van der Waals surface area contributed by atoms with E-state index in [9.17, 15) is 9.59 Å². The molecule has 1 aromatic heterocycles. The summed E-state index contributed by atoms with van der Waals surface area (Å²) in [7, 11) is 0. The Morgan fingerprint density at radius 1 is 1.11 bits per heavy atom. The molecule has 90 valence electrons. The van der Waals surface area contributed by atoms with Crippen LogP contribution in [0.3, 0.4) is 0 Å². The highest BCUT2D eigenvalue weighted by Gasteiger charge is 2.28. The van der Waals surface area contributed by atoms with Gasteiger partial charge >= 0.3 is 11.9 Å². The molecule has 0 spiro atoms. The number of rotatable bonds is 1. The number of hydrogen-bond donors (Lipinski definition) is 0. The fourth-order valence-electron chi connectivity index (χ4n) is 2.23. The van der Waals surface area contributed by atoms with Gasteiger partial charge in [-0.2, -0.15) is 0 Å². The van der Waals surface area contributed by atoms with Crippen LogP contribution < -0.4 is 0 Å². The molecule has 18 heavy (non-hydrogen) atoms. The van der Waals surface area contributed by atoms with Gasteiger partial charge in [-0.3, -0.25) is 14.6 Å². The lowest BCUT2D eigenvalue weighted by molar-refractivity contribution is -0.163. The Kier molecular flexibility index (Phi) is 2.55. The van der Waals surface area contributed by atoms with Gasteiger partial charge in [0.2, 0.25) is 0 Å². The summed E-state index contributed by atoms with van der Waals surface area (Å²) in [6, 6.07) is 9.75. The molecule has 4 nitrogen and oxygen atoms in total. The topological polar surface area (TPSA) is 56.3 Å². The molecule has 0 saturated carbocycles. The van der Waals surface area contributed by atoms with Crippen molar-refractivity contribution in [1.82, 2.24) is 4.98 Å². The van der Waals surface area contributed by atoms with E-state index in [4.69, 9.17) is 0 Å². The predicted octanol–water partition coefficient (Wildman–Crippen LogP) is 2.18. The molecule has 4 heteroatoms. The molecule has 3 rings (SSSR count). The maximum Gasteiger partial charge on any atom is 0.314 e. The fraction of sp³-hybridized carbons (Fsp3) is 0.214. The Bertz CT molecular complexity index is 620. The van der Waals surface area contributed by atoms with Gasteiger partial charge in [0.1, 0.15) is 0 Å². The van der Waals surface area contributed by atoms with E-state index in [2.05, 4.69) is 9.72 Å². The maximum atomic E-state index is 11.3. The summed E-state index contributed by atoms with van der Waals surface area (Å²) in [5.74, 6) is -1.02. The minimum absolute atomic E-state index is 0.115. The molecular weight excluding hydrogens is 230 g/mol. The van der Waals surface area contributed by atoms with Gasteiger partial charge in [0, 0.05) is 17.5 Å². The van der Waals surface area contributed by atoms with Crippen molar-refractivity contribution in [2.24, 2.45) is 0 Å². The van der Waals surface area contributed by atoms with Crippen LogP contribution >= 0.6 is 0 Å². The SMILES string of the molecule is O=C1CC(c2cnc3ccccc3c2)CC(=O)O1. The Hall–Kier alpha value is -2.23. The number of para-hydroxylation sites is 1. The van der Waals surface area contributed by atoms with E-state index in [1.54, 1.807) is 6.20 Å². The van der Waals surface area contributed by atoms with Crippen LogP contribution in [0.4, 0.5) is 0 Å². The summed E-state index contributed by atoms with van der Waals surface area (Å²) in [6.45, 7) is 0. The number of hydrogen-bond acceptors (Lipinski definition) is 4. The van der Waals surface area contributed by atoms with Crippen molar-refractivity contribution in [2.45, 2.75) is 18.8 Å². The van der Waals surface area contributed by atoms with Gasteiger partial charge in [-0.25, -0.2) is 0 Å². The van der Waals surface area contributed by atoms with Crippen LogP contribution in [0.25, 0.3) is 10.9 Å². The normalized spacial score (nSPS) is 16.9. The molecule has 0 unspecified atom stereocenters. The van der Waals surface area contributed by atoms with E-state index in [0.717, 1.165) is 16.5 Å². The number of esters is 2. The molecule has 0 atom stereocenters. The molecule has 1 saturated heterocycles. The highest BCUT2D eigenvalue weighted by Crippen LogP contribution is 2.29. The van der Waals surface area contributed by atoms with Gasteiger partial charge < -0.3 is 4.74 Å². The summed E-state index contributed by atoms with van der Waals surface area (Å²) in [5, 5.41) is 1.02. The van der Waals surface area contributed by atoms with E-state index in [1.807, 2.05) is 30.3 Å². The Morgan fingerprint density at radius 2 is 1.83 bits per heavy atom. The number of ether oxygens (including phenoxy) is 1. The Labute approximate surface area is 104 Å². The Morgan fingerprint density at radius 3 is 2.61 bits per heavy atom. The van der Waals surface area contributed by atoms with Crippen LogP contribution in [-0.4, -0.2) is 16.9 Å². The molecule has 1 aromatic carbocycles. The summed E-state index contributed by atoms with van der Waals surface area (Å²) in [5.41, 5.74) is 1.82. The first-order valence-electron chi connectivity index (χ1n) is 5.80. The smallest absolute Gasteiger partial charge is 0.314 e. The quantitative estimate of drug-likeness (QED) is 0.567. The van der Waals surface area contributed by atoms with Crippen LogP contribution in [0.2, 0.25) is 0 Å². The van der Waals surface area contributed by atoms with E-state index in [1.165, 1.54) is 0 Å². The minimum Gasteiger partial charge on any atom is -0.393 e. The van der Waals surface area contributed by atoms with Crippen LogP contribution in [0.15, 0.2) is 36.5 Å². The van der Waals surface area contributed by atoms with Crippen molar-refractivity contribution in [3.05, 3.63) is 42.1 Å². The lowest BCUT2D eigenvalue weighted by Gasteiger charge is -2.19. The van der Waals surface area contributed by atoms with Gasteiger partial charge in [0.05, 0.1) is 18.4 Å². The highest BCUT2D eigenvalue weighted by atomic mass is 16.6. The van der Waals surface area contributed by atoms with Gasteiger partial charge in [-0.1, -0.05) is 18.2 Å². The second-order valence-electron chi connectivity index (χ2n) is 4.41. The zero-order valence-corrected chi connectivity index (χ0v) is 9.63. The molecule has 0 amide bonds. The zero-order chi connectivity index (χ0) is 12.5. The summed E-state index contributed by atoms with van der Waals surface area (Å²) in [6.07, 6.45) is 2.22. The van der Waals surface area contributed by atoms with Crippen molar-refractivity contribution in [1.29, 1.82) is 0 Å². The predicted molar refractivity (Wildman–Crippen MR) is 64.8 cm³/mol. The second kappa shape index (κ2) is 4.22. The average Bonchev–Trinajstić information content (AvgIpc) is 2.37. The molecule has 1 aliphatic heterocycles. The first-order valence-corrected chi connectivity index (χ1v) is 5.80. The van der Waals surface area contributed by atoms with Crippen LogP contribution in [0.1, 0.15) is 24.3 Å². The number of carbonyl (C=O) groups excluding carboxylic acids is 2. The van der Waals surface area contributed by atoms with Crippen molar-refractivity contribution in [3.63, 3.8) is 0 Å². The van der Waals surface area contributed by atoms with Crippen molar-refractivity contribution in [2.75, 3.05) is 0 Å². The Balaban J connectivity index is 1.98. The van der Waals surface area contributed by atoms with Gasteiger partial charge in [-0.05, 0) is 17.7 Å². The van der Waals surface area contributed by atoms with Gasteiger partial charge in [-0.15, -0.1) is 0 Å². The van der Waals surface area contributed by atoms with E-state index in [-0.39, 0.29) is 18.8 Å². The van der Waals surface area contributed by atoms with E-state index < -0.39 is 11.9 Å². The highest BCUT2D eigenvalue weighted by molar-refractivity contribution is 5.89. The monoisotopic (exact) mass is 241 g/mol. The lowest BCUT2D eigenvalue weighted by Crippen LogP contribution is -2.24. The first-order chi connectivity index (χ1) is 8.72. The van der Waals surface area contributed by atoms with Crippen molar-refractivity contribution < 1.29 is 14.3 Å². The third kappa shape index (κ3) is 1.97. The van der Waals surface area contributed by atoms with Crippen molar-refractivity contribution in [3.8, 4) is 0 Å². The molecular formula is C14H11NO3. The molecule has 2 heterocycles. The maximum absolute atomic E-state index is 11.3. The van der Waals surface area contributed by atoms with E-state index in [0.29, 0.717) is 0 Å². The van der Waals surface area contributed by atoms with Crippen LogP contribution in [0, 0.1) is 0 Å². The minimum atomic E-state index is -0.454. The second-order valence-corrected chi connectivity index (χ2v) is 4.41. The lowest BCUT2D eigenvalue weighted by atomic mass is 9.91. The standard InChI is InChI=1S/C14H11NO3/c16-13-6-10(7-14(17)18-13)11-5-9-3-1-2-4-12(9)15-8-11/h1-5,8,10H,6-7H2. The number of cyclic esters (lactones) is 2. The number of benzene rings is 1. The molecule has 0 bridgehead atoms. The number of aromatic nitrogens is 1. The molecule has 1 aliphatic rings. The third-order valence-corrected chi connectivity index (χ3v) is 3.14. The van der Waals surface area contributed by atoms with Gasteiger partial charge in [0.25, 0.3) is 0 Å². The molecule has 0 N–H and O–H groups in total. The summed E-state index contributed by atoms with van der Waals surface area (Å²) in [4.78, 5) is 26.9. The zero-order valence-electron chi connectivity index (χ0n) is 9.63. The third-order valence-electron chi connectivity index (χ3n) is 3.14. The van der Waals surface area contributed by atoms with E-state index >= 15 is 0 Å². The number of pyridine rings is 1. The summed E-state index contributed by atoms with van der Waals surface area (Å²) < 4.78 is 4.53. The van der Waals surface area contributed by atoms with Crippen molar-refractivity contribution >= 4 is 22.8 Å². The molecule has 0 radical (unpaired) electrons.